The molecule has 1 heterocycles. The number of anilines is 1. The minimum Gasteiger partial charge on any atom is -0.497 e. The number of aromatic nitrogens is 1. The van der Waals surface area contributed by atoms with E-state index in [0.29, 0.717) is 27.8 Å². The summed E-state index contributed by atoms with van der Waals surface area (Å²) in [5.74, 6) is 1.01. The van der Waals surface area contributed by atoms with Crippen molar-refractivity contribution in [2.75, 3.05) is 19.5 Å². The van der Waals surface area contributed by atoms with Crippen molar-refractivity contribution in [2.45, 2.75) is 36.5 Å². The number of thioether (sulfide) groups is 1. The summed E-state index contributed by atoms with van der Waals surface area (Å²) in [5, 5.41) is 12.5. The zero-order valence-corrected chi connectivity index (χ0v) is 16.4. The minimum absolute atomic E-state index is 0.179. The molecule has 0 saturated carbocycles. The number of hydrogen-bond acceptors (Lipinski definition) is 6. The number of carbonyl (C=O) groups is 1. The number of benzene rings is 1. The molecule has 0 spiro atoms. The zero-order chi connectivity index (χ0) is 19.4. The lowest BCUT2D eigenvalue weighted by Crippen LogP contribution is -2.22. The van der Waals surface area contributed by atoms with Gasteiger partial charge in [0.25, 0.3) is 0 Å². The molecule has 1 N–H and O–H groups in total. The van der Waals surface area contributed by atoms with Gasteiger partial charge in [0.15, 0.2) is 0 Å². The average molecular weight is 383 g/mol. The van der Waals surface area contributed by atoms with Crippen LogP contribution in [-0.4, -0.2) is 30.4 Å². The van der Waals surface area contributed by atoms with Gasteiger partial charge in [0, 0.05) is 29.6 Å². The summed E-state index contributed by atoms with van der Waals surface area (Å²) in [6.45, 7) is 1.80. The van der Waals surface area contributed by atoms with E-state index in [9.17, 15) is 10.1 Å². The monoisotopic (exact) mass is 383 g/mol. The highest BCUT2D eigenvalue weighted by Crippen LogP contribution is 2.31. The Balaban J connectivity index is 1.74. The van der Waals surface area contributed by atoms with Gasteiger partial charge in [-0.15, -0.1) is 0 Å². The molecule has 7 heteroatoms. The predicted molar refractivity (Wildman–Crippen MR) is 104 cm³/mol. The number of nitrogens with one attached hydrogen (secondary N) is 1. The summed E-state index contributed by atoms with van der Waals surface area (Å²) in [6.07, 6.45) is 2.96. The number of amides is 1. The van der Waals surface area contributed by atoms with E-state index < -0.39 is 5.25 Å². The molecule has 1 aliphatic carbocycles. The van der Waals surface area contributed by atoms with E-state index in [4.69, 9.17) is 9.47 Å². The van der Waals surface area contributed by atoms with Crippen molar-refractivity contribution in [1.82, 2.24) is 4.98 Å². The Morgan fingerprint density at radius 3 is 2.56 bits per heavy atom. The van der Waals surface area contributed by atoms with Gasteiger partial charge in [0.1, 0.15) is 22.6 Å². The summed E-state index contributed by atoms with van der Waals surface area (Å²) >= 11 is 1.30. The first-order chi connectivity index (χ1) is 13.0. The first kappa shape index (κ1) is 19.1. The maximum atomic E-state index is 12.6. The lowest BCUT2D eigenvalue weighted by molar-refractivity contribution is -0.115. The van der Waals surface area contributed by atoms with Gasteiger partial charge < -0.3 is 14.8 Å². The Kier molecular flexibility index (Phi) is 5.87. The molecule has 0 radical (unpaired) electrons. The van der Waals surface area contributed by atoms with Crippen molar-refractivity contribution in [1.29, 1.82) is 5.26 Å². The third-order valence-electron chi connectivity index (χ3n) is 4.41. The Morgan fingerprint density at radius 1 is 1.22 bits per heavy atom. The highest BCUT2D eigenvalue weighted by Gasteiger charge is 2.21. The molecular formula is C20H21N3O3S. The molecule has 3 rings (SSSR count). The molecule has 0 saturated heterocycles. The summed E-state index contributed by atoms with van der Waals surface area (Å²) in [6, 6.07) is 9.31. The number of ether oxygens (including phenoxy) is 2. The standard InChI is InChI=1S/C20H21N3O3S/c1-12(19(24)22-15-8-16(25-2)10-17(9-15)26-3)27-20-14(11-21)7-13-5-4-6-18(13)23-20/h7-10,12H,4-6H2,1-3H3,(H,22,24). The van der Waals surface area contributed by atoms with Crippen LogP contribution in [0.4, 0.5) is 5.69 Å². The smallest absolute Gasteiger partial charge is 0.237 e. The maximum Gasteiger partial charge on any atom is 0.237 e. The topological polar surface area (TPSA) is 84.2 Å². The molecule has 27 heavy (non-hydrogen) atoms. The fourth-order valence-electron chi connectivity index (χ4n) is 2.97. The number of nitriles is 1. The molecule has 1 aromatic heterocycles. The molecule has 1 aromatic carbocycles. The van der Waals surface area contributed by atoms with E-state index in [1.807, 2.05) is 6.07 Å². The molecule has 0 aliphatic heterocycles. The summed E-state index contributed by atoms with van der Waals surface area (Å²) < 4.78 is 10.5. The second kappa shape index (κ2) is 8.31. The Morgan fingerprint density at radius 2 is 1.93 bits per heavy atom. The predicted octanol–water partition coefficient (Wildman–Crippen LogP) is 3.58. The van der Waals surface area contributed by atoms with E-state index in [2.05, 4.69) is 16.4 Å². The first-order valence-electron chi connectivity index (χ1n) is 8.67. The van der Waals surface area contributed by atoms with Gasteiger partial charge in [-0.25, -0.2) is 4.98 Å². The van der Waals surface area contributed by atoms with E-state index >= 15 is 0 Å². The third-order valence-corrected chi connectivity index (χ3v) is 5.52. The molecule has 1 atom stereocenters. The second-order valence-corrected chi connectivity index (χ2v) is 7.59. The molecule has 1 aliphatic rings. The van der Waals surface area contributed by atoms with Gasteiger partial charge in [0.2, 0.25) is 5.91 Å². The van der Waals surface area contributed by atoms with Crippen LogP contribution in [0.25, 0.3) is 0 Å². The molecule has 1 amide bonds. The molecule has 0 bridgehead atoms. The van der Waals surface area contributed by atoms with Gasteiger partial charge in [-0.1, -0.05) is 11.8 Å². The lowest BCUT2D eigenvalue weighted by atomic mass is 10.2. The van der Waals surface area contributed by atoms with E-state index in [1.54, 1.807) is 39.3 Å². The van der Waals surface area contributed by atoms with Gasteiger partial charge in [-0.05, 0) is 37.8 Å². The normalized spacial score (nSPS) is 13.4. The van der Waals surface area contributed by atoms with Gasteiger partial charge in [-0.3, -0.25) is 4.79 Å². The highest BCUT2D eigenvalue weighted by atomic mass is 32.2. The molecule has 0 fully saturated rings. The number of aryl methyl sites for hydroxylation is 2. The van der Waals surface area contributed by atoms with Crippen molar-refractivity contribution in [3.05, 3.63) is 41.1 Å². The minimum atomic E-state index is -0.416. The van der Waals surface area contributed by atoms with Crippen LogP contribution >= 0.6 is 11.8 Å². The van der Waals surface area contributed by atoms with Crippen molar-refractivity contribution >= 4 is 23.4 Å². The number of carbonyl (C=O) groups excluding carboxylic acids is 1. The Bertz CT molecular complexity index is 886. The van der Waals surface area contributed by atoms with Crippen LogP contribution in [0, 0.1) is 11.3 Å². The van der Waals surface area contributed by atoms with Crippen molar-refractivity contribution in [3.8, 4) is 17.6 Å². The largest absolute Gasteiger partial charge is 0.497 e. The molecule has 140 valence electrons. The van der Waals surface area contributed by atoms with Gasteiger partial charge >= 0.3 is 0 Å². The highest BCUT2D eigenvalue weighted by molar-refractivity contribution is 8.00. The van der Waals surface area contributed by atoms with Crippen LogP contribution in [0.5, 0.6) is 11.5 Å². The number of hydrogen-bond donors (Lipinski definition) is 1. The Labute approximate surface area is 162 Å². The fraction of sp³-hybridized carbons (Fsp3) is 0.350. The number of rotatable bonds is 6. The van der Waals surface area contributed by atoms with Crippen LogP contribution in [0.1, 0.15) is 30.2 Å². The third kappa shape index (κ3) is 4.34. The Hall–Kier alpha value is -2.72. The average Bonchev–Trinajstić information content (AvgIpc) is 3.14. The molecule has 6 nitrogen and oxygen atoms in total. The number of pyridine rings is 1. The fourth-order valence-corrected chi connectivity index (χ4v) is 3.86. The van der Waals surface area contributed by atoms with Crippen LogP contribution in [0.3, 0.4) is 0 Å². The van der Waals surface area contributed by atoms with Crippen LogP contribution < -0.4 is 14.8 Å². The van der Waals surface area contributed by atoms with Crippen LogP contribution in [-0.2, 0) is 17.6 Å². The zero-order valence-electron chi connectivity index (χ0n) is 15.5. The van der Waals surface area contributed by atoms with Crippen molar-refractivity contribution < 1.29 is 14.3 Å². The number of methoxy groups -OCH3 is 2. The van der Waals surface area contributed by atoms with E-state index in [0.717, 1.165) is 30.5 Å². The molecule has 1 unspecified atom stereocenters. The van der Waals surface area contributed by atoms with Crippen molar-refractivity contribution in [3.63, 3.8) is 0 Å². The summed E-state index contributed by atoms with van der Waals surface area (Å²) in [5.41, 5.74) is 3.31. The summed E-state index contributed by atoms with van der Waals surface area (Å²) in [4.78, 5) is 17.3. The number of fused-ring (bicyclic) bond motifs is 1. The second-order valence-electron chi connectivity index (χ2n) is 6.26. The number of nitrogens with zero attached hydrogens (tertiary/aromatic N) is 2. The van der Waals surface area contributed by atoms with Crippen molar-refractivity contribution in [2.24, 2.45) is 0 Å². The molecular weight excluding hydrogens is 362 g/mol. The lowest BCUT2D eigenvalue weighted by Gasteiger charge is -2.14. The first-order valence-corrected chi connectivity index (χ1v) is 9.55. The quantitative estimate of drug-likeness (QED) is 0.768. The van der Waals surface area contributed by atoms with E-state index in [-0.39, 0.29) is 5.91 Å². The van der Waals surface area contributed by atoms with Gasteiger partial charge in [0.05, 0.1) is 25.0 Å². The van der Waals surface area contributed by atoms with E-state index in [1.165, 1.54) is 11.8 Å². The SMILES string of the molecule is COc1cc(NC(=O)C(C)Sc2nc3c(cc2C#N)CCC3)cc(OC)c1. The van der Waals surface area contributed by atoms with Crippen LogP contribution in [0.2, 0.25) is 0 Å². The van der Waals surface area contributed by atoms with Crippen LogP contribution in [0.15, 0.2) is 29.3 Å². The molecule has 2 aromatic rings. The van der Waals surface area contributed by atoms with Gasteiger partial charge in [-0.2, -0.15) is 5.26 Å². The summed E-state index contributed by atoms with van der Waals surface area (Å²) in [7, 11) is 3.11. The maximum absolute atomic E-state index is 12.6.